The van der Waals surface area contributed by atoms with Crippen molar-refractivity contribution in [2.45, 2.75) is 6.42 Å². The number of hydrogen-bond donors (Lipinski definition) is 1. The Morgan fingerprint density at radius 2 is 2.43 bits per heavy atom. The quantitative estimate of drug-likeness (QED) is 0.723. The predicted octanol–water partition coefficient (Wildman–Crippen LogP) is -0.00960. The molecule has 0 saturated heterocycles. The summed E-state index contributed by atoms with van der Waals surface area (Å²) in [5.74, 6) is -0.427. The topological polar surface area (TPSA) is 80.9 Å². The molecule has 0 saturated carbocycles. The van der Waals surface area contributed by atoms with Crippen LogP contribution in [0.1, 0.15) is 5.82 Å². The zero-order valence-corrected chi connectivity index (χ0v) is 7.51. The summed E-state index contributed by atoms with van der Waals surface area (Å²) in [4.78, 5) is 14.6. The normalized spacial score (nSPS) is 10.6. The van der Waals surface area contributed by atoms with Gasteiger partial charge in [-0.15, -0.1) is 5.10 Å². The van der Waals surface area contributed by atoms with Gasteiger partial charge in [-0.3, -0.25) is 4.79 Å². The largest absolute Gasteiger partial charge is 0.481 e. The van der Waals surface area contributed by atoms with Crippen molar-refractivity contribution < 1.29 is 9.90 Å². The van der Waals surface area contributed by atoms with Crippen molar-refractivity contribution in [3.63, 3.8) is 0 Å². The Labute approximate surface area is 79.2 Å². The van der Waals surface area contributed by atoms with Gasteiger partial charge in [0.15, 0.2) is 5.65 Å². The highest BCUT2D eigenvalue weighted by atomic mass is 16.4. The van der Waals surface area contributed by atoms with Crippen LogP contribution in [-0.2, 0) is 18.3 Å². The van der Waals surface area contributed by atoms with Crippen LogP contribution in [0.5, 0.6) is 0 Å². The summed E-state index contributed by atoms with van der Waals surface area (Å²) in [5, 5.41) is 16.2. The summed E-state index contributed by atoms with van der Waals surface area (Å²) in [6, 6.07) is 1.70. The predicted molar refractivity (Wildman–Crippen MR) is 47.6 cm³/mol. The van der Waals surface area contributed by atoms with Gasteiger partial charge in [-0.2, -0.15) is 5.10 Å². The molecule has 0 bridgehead atoms. The number of fused-ring (bicyclic) bond motifs is 1. The summed E-state index contributed by atoms with van der Waals surface area (Å²) < 4.78 is 1.64. The minimum absolute atomic E-state index is 0.104. The third kappa shape index (κ3) is 1.30. The zero-order chi connectivity index (χ0) is 10.1. The molecule has 6 nitrogen and oxygen atoms in total. The summed E-state index contributed by atoms with van der Waals surface area (Å²) >= 11 is 0. The van der Waals surface area contributed by atoms with Gasteiger partial charge in [0.25, 0.3) is 0 Å². The molecule has 0 aliphatic heterocycles. The lowest BCUT2D eigenvalue weighted by atomic mass is 10.4. The number of aliphatic carboxylic acids is 1. The van der Waals surface area contributed by atoms with E-state index in [0.717, 1.165) is 0 Å². The number of hydrogen-bond acceptors (Lipinski definition) is 4. The standard InChI is InChI=1S/C8H8N4O2/c1-12-6(4-7(13)14)10-5-2-3-9-11-8(5)12/h2-3H,4H2,1H3,(H,13,14). The smallest absolute Gasteiger partial charge is 0.311 e. The second kappa shape index (κ2) is 3.06. The Bertz CT molecular complexity index is 491. The fourth-order valence-corrected chi connectivity index (χ4v) is 1.27. The van der Waals surface area contributed by atoms with Crippen LogP contribution in [-0.4, -0.2) is 30.8 Å². The second-order valence-corrected chi connectivity index (χ2v) is 2.90. The van der Waals surface area contributed by atoms with Crippen molar-refractivity contribution in [3.8, 4) is 0 Å². The summed E-state index contributed by atoms with van der Waals surface area (Å²) in [6.45, 7) is 0. The maximum absolute atomic E-state index is 10.5. The van der Waals surface area contributed by atoms with Crippen LogP contribution in [0, 0.1) is 0 Å². The van der Waals surface area contributed by atoms with Crippen LogP contribution in [0.15, 0.2) is 12.3 Å². The van der Waals surface area contributed by atoms with Gasteiger partial charge in [0.2, 0.25) is 0 Å². The Morgan fingerprint density at radius 1 is 1.64 bits per heavy atom. The lowest BCUT2D eigenvalue weighted by molar-refractivity contribution is -0.136. The number of carbonyl (C=O) groups is 1. The average Bonchev–Trinajstić information content (AvgIpc) is 2.44. The van der Waals surface area contributed by atoms with E-state index in [0.29, 0.717) is 17.0 Å². The van der Waals surface area contributed by atoms with Gasteiger partial charge in [0, 0.05) is 7.05 Å². The highest BCUT2D eigenvalue weighted by Gasteiger charge is 2.11. The number of aromatic nitrogens is 4. The van der Waals surface area contributed by atoms with Crippen molar-refractivity contribution in [3.05, 3.63) is 18.1 Å². The number of carboxylic acids is 1. The van der Waals surface area contributed by atoms with Gasteiger partial charge in [0.1, 0.15) is 17.8 Å². The number of nitrogens with zero attached hydrogens (tertiary/aromatic N) is 4. The second-order valence-electron chi connectivity index (χ2n) is 2.90. The molecule has 0 amide bonds. The van der Waals surface area contributed by atoms with E-state index in [1.807, 2.05) is 0 Å². The van der Waals surface area contributed by atoms with Crippen LogP contribution >= 0.6 is 0 Å². The molecule has 2 aromatic rings. The van der Waals surface area contributed by atoms with Gasteiger partial charge in [-0.25, -0.2) is 4.98 Å². The van der Waals surface area contributed by atoms with E-state index < -0.39 is 5.97 Å². The molecular formula is C8H8N4O2. The van der Waals surface area contributed by atoms with Crippen molar-refractivity contribution >= 4 is 17.1 Å². The van der Waals surface area contributed by atoms with Gasteiger partial charge >= 0.3 is 5.97 Å². The van der Waals surface area contributed by atoms with E-state index in [9.17, 15) is 4.79 Å². The summed E-state index contributed by atoms with van der Waals surface area (Å²) in [5.41, 5.74) is 1.27. The van der Waals surface area contributed by atoms with Crippen LogP contribution in [0.2, 0.25) is 0 Å². The zero-order valence-electron chi connectivity index (χ0n) is 7.51. The Balaban J connectivity index is 2.57. The molecule has 2 heterocycles. The monoisotopic (exact) mass is 192 g/mol. The first kappa shape index (κ1) is 8.61. The molecule has 72 valence electrons. The first-order chi connectivity index (χ1) is 6.68. The molecule has 2 rings (SSSR count). The fraction of sp³-hybridized carbons (Fsp3) is 0.250. The number of carboxylic acid groups (broad SMARTS) is 1. The third-order valence-corrected chi connectivity index (χ3v) is 1.94. The molecule has 0 unspecified atom stereocenters. The minimum Gasteiger partial charge on any atom is -0.481 e. The molecule has 0 spiro atoms. The number of aryl methyl sites for hydroxylation is 1. The number of imidazole rings is 1. The first-order valence-electron chi connectivity index (χ1n) is 4.03. The van der Waals surface area contributed by atoms with Crippen molar-refractivity contribution in [2.24, 2.45) is 7.05 Å². The van der Waals surface area contributed by atoms with E-state index in [1.54, 1.807) is 17.7 Å². The van der Waals surface area contributed by atoms with E-state index in [4.69, 9.17) is 5.11 Å². The molecule has 1 N–H and O–H groups in total. The van der Waals surface area contributed by atoms with Gasteiger partial charge in [-0.05, 0) is 6.07 Å². The van der Waals surface area contributed by atoms with Crippen LogP contribution < -0.4 is 0 Å². The molecule has 6 heteroatoms. The van der Waals surface area contributed by atoms with Crippen LogP contribution in [0.3, 0.4) is 0 Å². The molecule has 0 atom stereocenters. The van der Waals surface area contributed by atoms with Gasteiger partial charge in [0.05, 0.1) is 6.20 Å². The Kier molecular flexibility index (Phi) is 1.88. The number of rotatable bonds is 2. The van der Waals surface area contributed by atoms with E-state index in [-0.39, 0.29) is 6.42 Å². The molecular weight excluding hydrogens is 184 g/mol. The van der Waals surface area contributed by atoms with E-state index >= 15 is 0 Å². The molecule has 14 heavy (non-hydrogen) atoms. The highest BCUT2D eigenvalue weighted by Crippen LogP contribution is 2.10. The molecule has 0 aliphatic carbocycles. The highest BCUT2D eigenvalue weighted by molar-refractivity contribution is 5.74. The maximum Gasteiger partial charge on any atom is 0.311 e. The minimum atomic E-state index is -0.906. The third-order valence-electron chi connectivity index (χ3n) is 1.94. The summed E-state index contributed by atoms with van der Waals surface area (Å²) in [7, 11) is 1.72. The van der Waals surface area contributed by atoms with E-state index in [1.165, 1.54) is 6.20 Å². The summed E-state index contributed by atoms with van der Waals surface area (Å²) in [6.07, 6.45) is 1.42. The molecule has 0 aliphatic rings. The Hall–Kier alpha value is -1.98. The molecule has 0 aromatic carbocycles. The SMILES string of the molecule is Cn1c(CC(=O)O)nc2ccnnc21. The van der Waals surface area contributed by atoms with Gasteiger partial charge < -0.3 is 9.67 Å². The van der Waals surface area contributed by atoms with Crippen molar-refractivity contribution in [1.82, 2.24) is 19.7 Å². The van der Waals surface area contributed by atoms with E-state index in [2.05, 4.69) is 15.2 Å². The molecule has 2 aromatic heterocycles. The fourth-order valence-electron chi connectivity index (χ4n) is 1.27. The Morgan fingerprint density at radius 3 is 3.07 bits per heavy atom. The van der Waals surface area contributed by atoms with Crippen LogP contribution in [0.4, 0.5) is 0 Å². The lowest BCUT2D eigenvalue weighted by Crippen LogP contribution is -2.06. The van der Waals surface area contributed by atoms with Crippen molar-refractivity contribution in [2.75, 3.05) is 0 Å². The average molecular weight is 192 g/mol. The lowest BCUT2D eigenvalue weighted by Gasteiger charge is -1.96. The van der Waals surface area contributed by atoms with Gasteiger partial charge in [-0.1, -0.05) is 0 Å². The first-order valence-corrected chi connectivity index (χ1v) is 4.03. The van der Waals surface area contributed by atoms with Crippen LogP contribution in [0.25, 0.3) is 11.2 Å². The molecule has 0 fully saturated rings. The van der Waals surface area contributed by atoms with Crippen molar-refractivity contribution in [1.29, 1.82) is 0 Å². The molecule has 0 radical (unpaired) electrons. The maximum atomic E-state index is 10.5.